The van der Waals surface area contributed by atoms with Crippen LogP contribution in [0.15, 0.2) is 6.07 Å². The van der Waals surface area contributed by atoms with Crippen molar-refractivity contribution in [1.29, 1.82) is 0 Å². The van der Waals surface area contributed by atoms with E-state index in [0.717, 1.165) is 49.7 Å². The minimum Gasteiger partial charge on any atom is -0.364 e. The Kier molecular flexibility index (Phi) is 29.7. The van der Waals surface area contributed by atoms with Crippen molar-refractivity contribution in [2.45, 2.75) is 232 Å². The van der Waals surface area contributed by atoms with Gasteiger partial charge < -0.3 is 11.5 Å². The molecule has 0 radical (unpaired) electrons. The molecule has 0 saturated carbocycles. The predicted molar refractivity (Wildman–Crippen MR) is 208 cm³/mol. The number of hydrogen-bond donors (Lipinski definition) is 2. The molecule has 2 amide bonds. The number of aromatic nitrogens is 1. The maximum Gasteiger partial charge on any atom is 0.267 e. The lowest BCUT2D eigenvalue weighted by molar-refractivity contribution is 0.0991. The molecule has 0 unspecified atom stereocenters. The topological polar surface area (TPSA) is 99.1 Å². The minimum atomic E-state index is -0.598. The highest BCUT2D eigenvalue weighted by molar-refractivity contribution is 5.96. The van der Waals surface area contributed by atoms with Crippen molar-refractivity contribution in [1.82, 2.24) is 4.98 Å². The number of carbonyl (C=O) groups excluding carboxylic acids is 2. The summed E-state index contributed by atoms with van der Waals surface area (Å²) in [4.78, 5) is 28.6. The maximum absolute atomic E-state index is 12.4. The third-order valence-corrected chi connectivity index (χ3v) is 10.3. The fraction of sp³-hybridized carbons (Fsp3) is 0.837. The molecule has 1 rings (SSSR count). The summed E-state index contributed by atoms with van der Waals surface area (Å²) in [6.07, 6.45) is 44.4. The minimum absolute atomic E-state index is 0.158. The molecule has 278 valence electrons. The van der Waals surface area contributed by atoms with Crippen LogP contribution >= 0.6 is 0 Å². The van der Waals surface area contributed by atoms with Crippen molar-refractivity contribution in [3.63, 3.8) is 0 Å². The van der Waals surface area contributed by atoms with E-state index < -0.39 is 11.8 Å². The lowest BCUT2D eigenvalue weighted by atomic mass is 9.94. The van der Waals surface area contributed by atoms with Crippen LogP contribution in [0.25, 0.3) is 0 Å². The third-order valence-electron chi connectivity index (χ3n) is 10.3. The molecule has 48 heavy (non-hydrogen) atoms. The molecule has 0 atom stereocenters. The molecule has 5 nitrogen and oxygen atoms in total. The Balaban J connectivity index is 2.26. The Bertz CT molecular complexity index is 916. The van der Waals surface area contributed by atoms with Gasteiger partial charge in [0.05, 0.1) is 0 Å². The molecule has 0 spiro atoms. The van der Waals surface area contributed by atoms with Crippen molar-refractivity contribution in [3.05, 3.63) is 28.6 Å². The molecular formula is C43H79N3O2. The second-order valence-corrected chi connectivity index (χ2v) is 14.8. The molecule has 0 saturated heterocycles. The second-order valence-electron chi connectivity index (χ2n) is 14.8. The number of primary amides is 2. The van der Waals surface area contributed by atoms with Gasteiger partial charge >= 0.3 is 0 Å². The molecule has 0 fully saturated rings. The number of carbonyl (C=O) groups is 2. The van der Waals surface area contributed by atoms with Gasteiger partial charge in [-0.05, 0) is 42.9 Å². The number of nitrogens with zero attached hydrogens (tertiary/aromatic N) is 1. The Morgan fingerprint density at radius 3 is 1.02 bits per heavy atom. The van der Waals surface area contributed by atoms with Crippen LogP contribution in [0, 0.1) is 0 Å². The summed E-state index contributed by atoms with van der Waals surface area (Å²) in [5.74, 6) is -1.16. The Hall–Kier alpha value is -1.91. The van der Waals surface area contributed by atoms with E-state index in [-0.39, 0.29) is 11.4 Å². The van der Waals surface area contributed by atoms with Gasteiger partial charge in [0.25, 0.3) is 11.8 Å². The van der Waals surface area contributed by atoms with E-state index in [1.165, 1.54) is 180 Å². The molecule has 1 aromatic rings. The van der Waals surface area contributed by atoms with Crippen LogP contribution in [0.1, 0.15) is 251 Å². The van der Waals surface area contributed by atoms with Gasteiger partial charge in [-0.3, -0.25) is 9.59 Å². The van der Waals surface area contributed by atoms with Gasteiger partial charge in [0.1, 0.15) is 11.4 Å². The first-order valence-corrected chi connectivity index (χ1v) is 21.1. The number of amides is 2. The Morgan fingerprint density at radius 1 is 0.438 bits per heavy atom. The molecule has 5 heteroatoms. The highest BCUT2D eigenvalue weighted by Crippen LogP contribution is 2.22. The highest BCUT2D eigenvalue weighted by atomic mass is 16.1. The maximum atomic E-state index is 12.4. The summed E-state index contributed by atoms with van der Waals surface area (Å²) in [5.41, 5.74) is 13.7. The second kappa shape index (κ2) is 32.3. The summed E-state index contributed by atoms with van der Waals surface area (Å²) >= 11 is 0. The standard InChI is InChI=1S/C43H79N3O2/c1-3-5-7-9-11-13-15-17-19-21-23-25-27-29-31-33-35-38-37-40(42(44)47)46-41(43(45)48)39(38)36-34-32-30-28-26-24-22-20-18-16-14-12-10-8-6-4-2/h37H,3-36H2,1-2H3,(H2,44,47)(H2,45,48). The van der Waals surface area contributed by atoms with Gasteiger partial charge in [-0.1, -0.05) is 206 Å². The van der Waals surface area contributed by atoms with Crippen LogP contribution in [0.3, 0.4) is 0 Å². The van der Waals surface area contributed by atoms with Crippen molar-refractivity contribution >= 4 is 11.8 Å². The van der Waals surface area contributed by atoms with Gasteiger partial charge in [0.2, 0.25) is 0 Å². The SMILES string of the molecule is CCCCCCCCCCCCCCCCCCc1cc(C(N)=O)nc(C(N)=O)c1CCCCCCCCCCCCCCCCCC. The number of aryl methyl sites for hydroxylation is 1. The fourth-order valence-corrected chi connectivity index (χ4v) is 7.17. The molecular weight excluding hydrogens is 590 g/mol. The first-order chi connectivity index (χ1) is 23.5. The monoisotopic (exact) mass is 670 g/mol. The van der Waals surface area contributed by atoms with Gasteiger partial charge in [0, 0.05) is 0 Å². The average molecular weight is 670 g/mol. The van der Waals surface area contributed by atoms with Gasteiger partial charge in [-0.25, -0.2) is 4.98 Å². The molecule has 0 bridgehead atoms. The normalized spacial score (nSPS) is 11.4. The Labute approximate surface area is 298 Å². The summed E-state index contributed by atoms with van der Waals surface area (Å²) in [6, 6.07) is 1.82. The van der Waals surface area contributed by atoms with Crippen molar-refractivity contribution < 1.29 is 9.59 Å². The fourth-order valence-electron chi connectivity index (χ4n) is 7.17. The quantitative estimate of drug-likeness (QED) is 0.0695. The number of rotatable bonds is 36. The van der Waals surface area contributed by atoms with E-state index in [4.69, 9.17) is 11.5 Å². The van der Waals surface area contributed by atoms with E-state index in [2.05, 4.69) is 18.8 Å². The van der Waals surface area contributed by atoms with Crippen molar-refractivity contribution in [3.8, 4) is 0 Å². The lowest BCUT2D eigenvalue weighted by Gasteiger charge is -2.14. The zero-order valence-electron chi connectivity index (χ0n) is 32.0. The molecule has 4 N–H and O–H groups in total. The predicted octanol–water partition coefficient (Wildman–Crippen LogP) is 12.9. The van der Waals surface area contributed by atoms with Crippen molar-refractivity contribution in [2.24, 2.45) is 11.5 Å². The van der Waals surface area contributed by atoms with E-state index in [1.54, 1.807) is 0 Å². The molecule has 0 aliphatic rings. The van der Waals surface area contributed by atoms with Crippen LogP contribution in [-0.4, -0.2) is 16.8 Å². The highest BCUT2D eigenvalue weighted by Gasteiger charge is 2.18. The first kappa shape index (κ1) is 44.1. The summed E-state index contributed by atoms with van der Waals surface area (Å²) in [6.45, 7) is 4.56. The summed E-state index contributed by atoms with van der Waals surface area (Å²) in [5, 5.41) is 0. The summed E-state index contributed by atoms with van der Waals surface area (Å²) in [7, 11) is 0. The zero-order valence-corrected chi connectivity index (χ0v) is 32.0. The van der Waals surface area contributed by atoms with Crippen LogP contribution in [0.2, 0.25) is 0 Å². The van der Waals surface area contributed by atoms with Crippen molar-refractivity contribution in [2.75, 3.05) is 0 Å². The molecule has 0 aliphatic carbocycles. The van der Waals surface area contributed by atoms with E-state index in [1.807, 2.05) is 6.07 Å². The number of nitrogens with two attached hydrogens (primary N) is 2. The van der Waals surface area contributed by atoms with Crippen LogP contribution in [0.4, 0.5) is 0 Å². The Morgan fingerprint density at radius 2 is 0.729 bits per heavy atom. The van der Waals surface area contributed by atoms with Crippen LogP contribution < -0.4 is 11.5 Å². The van der Waals surface area contributed by atoms with Gasteiger partial charge in [0.15, 0.2) is 0 Å². The van der Waals surface area contributed by atoms with Crippen LogP contribution in [0.5, 0.6) is 0 Å². The number of unbranched alkanes of at least 4 members (excludes halogenated alkanes) is 30. The average Bonchev–Trinajstić information content (AvgIpc) is 3.07. The molecule has 0 aliphatic heterocycles. The van der Waals surface area contributed by atoms with Crippen LogP contribution in [-0.2, 0) is 12.8 Å². The lowest BCUT2D eigenvalue weighted by Crippen LogP contribution is -2.22. The van der Waals surface area contributed by atoms with Gasteiger partial charge in [-0.2, -0.15) is 0 Å². The van der Waals surface area contributed by atoms with E-state index in [9.17, 15) is 9.59 Å². The third kappa shape index (κ3) is 24.3. The van der Waals surface area contributed by atoms with E-state index in [0.29, 0.717) is 0 Å². The molecule has 1 heterocycles. The largest absolute Gasteiger partial charge is 0.364 e. The summed E-state index contributed by atoms with van der Waals surface area (Å²) < 4.78 is 0. The first-order valence-electron chi connectivity index (χ1n) is 21.1. The number of pyridine rings is 1. The smallest absolute Gasteiger partial charge is 0.267 e. The van der Waals surface area contributed by atoms with Gasteiger partial charge in [-0.15, -0.1) is 0 Å². The molecule has 1 aromatic heterocycles. The number of hydrogen-bond acceptors (Lipinski definition) is 3. The molecule has 0 aromatic carbocycles. The van der Waals surface area contributed by atoms with E-state index >= 15 is 0 Å². The zero-order chi connectivity index (χ0) is 34.9.